The van der Waals surface area contributed by atoms with Crippen molar-refractivity contribution in [1.29, 1.82) is 0 Å². The van der Waals surface area contributed by atoms with Crippen molar-refractivity contribution in [2.75, 3.05) is 18.8 Å². The van der Waals surface area contributed by atoms with Crippen LogP contribution in [0.4, 0.5) is 0 Å². The van der Waals surface area contributed by atoms with E-state index in [1.54, 1.807) is 0 Å². The lowest BCUT2D eigenvalue weighted by molar-refractivity contribution is 0.269. The SMILES string of the molecule is Brc1cccc(C2(CCSc3ccccc3)CNC2)c1. The molecule has 0 amide bonds. The molecular weight excluding hydrogens is 330 g/mol. The van der Waals surface area contributed by atoms with Crippen molar-refractivity contribution in [3.8, 4) is 0 Å². The largest absolute Gasteiger partial charge is 0.315 e. The van der Waals surface area contributed by atoms with E-state index >= 15 is 0 Å². The van der Waals surface area contributed by atoms with E-state index in [1.165, 1.54) is 21.4 Å². The van der Waals surface area contributed by atoms with Crippen LogP contribution in [0.15, 0.2) is 64.0 Å². The van der Waals surface area contributed by atoms with Gasteiger partial charge in [0, 0.05) is 27.9 Å². The summed E-state index contributed by atoms with van der Waals surface area (Å²) < 4.78 is 1.18. The summed E-state index contributed by atoms with van der Waals surface area (Å²) in [5, 5.41) is 3.44. The highest BCUT2D eigenvalue weighted by molar-refractivity contribution is 9.10. The highest BCUT2D eigenvalue weighted by Crippen LogP contribution is 2.35. The Balaban J connectivity index is 1.65. The van der Waals surface area contributed by atoms with Crippen molar-refractivity contribution in [2.24, 2.45) is 0 Å². The topological polar surface area (TPSA) is 12.0 Å². The van der Waals surface area contributed by atoms with Crippen LogP contribution in [-0.4, -0.2) is 18.8 Å². The van der Waals surface area contributed by atoms with Gasteiger partial charge < -0.3 is 5.32 Å². The van der Waals surface area contributed by atoms with E-state index < -0.39 is 0 Å². The van der Waals surface area contributed by atoms with E-state index in [1.807, 2.05) is 11.8 Å². The van der Waals surface area contributed by atoms with Crippen LogP contribution in [0.5, 0.6) is 0 Å². The molecule has 3 rings (SSSR count). The van der Waals surface area contributed by atoms with Crippen LogP contribution in [0.3, 0.4) is 0 Å². The monoisotopic (exact) mass is 347 g/mol. The fraction of sp³-hybridized carbons (Fsp3) is 0.294. The van der Waals surface area contributed by atoms with Crippen molar-refractivity contribution in [1.82, 2.24) is 5.32 Å². The molecule has 1 aliphatic rings. The second-order valence-corrected chi connectivity index (χ2v) is 7.39. The van der Waals surface area contributed by atoms with E-state index in [2.05, 4.69) is 75.8 Å². The Morgan fingerprint density at radius 3 is 2.50 bits per heavy atom. The Labute approximate surface area is 133 Å². The van der Waals surface area contributed by atoms with Gasteiger partial charge in [-0.05, 0) is 42.0 Å². The van der Waals surface area contributed by atoms with Gasteiger partial charge in [-0.15, -0.1) is 11.8 Å². The summed E-state index contributed by atoms with van der Waals surface area (Å²) >= 11 is 5.54. The molecule has 0 aromatic heterocycles. The van der Waals surface area contributed by atoms with Gasteiger partial charge in [-0.25, -0.2) is 0 Å². The minimum atomic E-state index is 0.325. The van der Waals surface area contributed by atoms with Crippen LogP contribution in [0.25, 0.3) is 0 Å². The van der Waals surface area contributed by atoms with Gasteiger partial charge in [-0.2, -0.15) is 0 Å². The summed E-state index contributed by atoms with van der Waals surface area (Å²) in [6.45, 7) is 2.19. The fourth-order valence-corrected chi connectivity index (χ4v) is 4.13. The molecule has 0 atom stereocenters. The maximum absolute atomic E-state index is 3.59. The number of halogens is 1. The molecule has 0 spiro atoms. The van der Waals surface area contributed by atoms with Gasteiger partial charge in [0.25, 0.3) is 0 Å². The smallest absolute Gasteiger partial charge is 0.0211 e. The van der Waals surface area contributed by atoms with Gasteiger partial charge in [-0.1, -0.05) is 46.3 Å². The quantitative estimate of drug-likeness (QED) is 0.800. The molecule has 0 saturated carbocycles. The molecule has 0 unspecified atom stereocenters. The molecule has 2 aromatic carbocycles. The van der Waals surface area contributed by atoms with Crippen molar-refractivity contribution >= 4 is 27.7 Å². The van der Waals surface area contributed by atoms with Crippen LogP contribution < -0.4 is 5.32 Å². The molecule has 104 valence electrons. The van der Waals surface area contributed by atoms with E-state index in [-0.39, 0.29) is 0 Å². The Kier molecular flexibility index (Phi) is 4.49. The first kappa shape index (κ1) is 14.2. The minimum Gasteiger partial charge on any atom is -0.315 e. The van der Waals surface area contributed by atoms with Crippen LogP contribution in [0.2, 0.25) is 0 Å². The summed E-state index contributed by atoms with van der Waals surface area (Å²) in [6, 6.07) is 19.4. The third kappa shape index (κ3) is 3.11. The van der Waals surface area contributed by atoms with E-state index in [9.17, 15) is 0 Å². The van der Waals surface area contributed by atoms with Crippen LogP contribution >= 0.6 is 27.7 Å². The summed E-state index contributed by atoms with van der Waals surface area (Å²) in [4.78, 5) is 1.36. The summed E-state index contributed by atoms with van der Waals surface area (Å²) in [5.74, 6) is 1.16. The normalized spacial score (nSPS) is 16.6. The van der Waals surface area contributed by atoms with Gasteiger partial charge in [0.15, 0.2) is 0 Å². The number of benzene rings is 2. The second kappa shape index (κ2) is 6.33. The van der Waals surface area contributed by atoms with E-state index in [0.717, 1.165) is 18.8 Å². The van der Waals surface area contributed by atoms with Crippen molar-refractivity contribution in [3.63, 3.8) is 0 Å². The number of rotatable bonds is 5. The highest BCUT2D eigenvalue weighted by atomic mass is 79.9. The van der Waals surface area contributed by atoms with Crippen molar-refractivity contribution < 1.29 is 0 Å². The molecular formula is C17H18BrNS. The zero-order valence-electron chi connectivity index (χ0n) is 11.3. The molecule has 20 heavy (non-hydrogen) atoms. The molecule has 1 N–H and O–H groups in total. The highest BCUT2D eigenvalue weighted by Gasteiger charge is 2.38. The summed E-state index contributed by atoms with van der Waals surface area (Å²) in [7, 11) is 0. The minimum absolute atomic E-state index is 0.325. The number of hydrogen-bond donors (Lipinski definition) is 1. The standard InChI is InChI=1S/C17H18BrNS/c18-15-6-4-5-14(11-15)17(12-19-13-17)9-10-20-16-7-2-1-3-8-16/h1-8,11,19H,9-10,12-13H2. The molecule has 1 fully saturated rings. The lowest BCUT2D eigenvalue weighted by atomic mass is 9.73. The average Bonchev–Trinajstić information content (AvgIpc) is 2.43. The number of hydrogen-bond acceptors (Lipinski definition) is 2. The van der Waals surface area contributed by atoms with Crippen molar-refractivity contribution in [3.05, 3.63) is 64.6 Å². The molecule has 0 radical (unpaired) electrons. The molecule has 0 bridgehead atoms. The third-order valence-electron chi connectivity index (χ3n) is 3.96. The molecule has 2 aromatic rings. The Morgan fingerprint density at radius 1 is 1.05 bits per heavy atom. The molecule has 1 saturated heterocycles. The molecule has 1 aliphatic heterocycles. The maximum atomic E-state index is 3.59. The third-order valence-corrected chi connectivity index (χ3v) is 5.46. The molecule has 0 aliphatic carbocycles. The van der Waals surface area contributed by atoms with Gasteiger partial charge in [0.2, 0.25) is 0 Å². The first-order chi connectivity index (χ1) is 9.78. The van der Waals surface area contributed by atoms with Crippen LogP contribution in [0.1, 0.15) is 12.0 Å². The Bertz CT molecular complexity index is 566. The van der Waals surface area contributed by atoms with Gasteiger partial charge in [0.05, 0.1) is 0 Å². The predicted molar refractivity (Wildman–Crippen MR) is 90.5 cm³/mol. The first-order valence-corrected chi connectivity index (χ1v) is 8.71. The van der Waals surface area contributed by atoms with E-state index in [4.69, 9.17) is 0 Å². The Morgan fingerprint density at radius 2 is 1.85 bits per heavy atom. The first-order valence-electron chi connectivity index (χ1n) is 6.93. The van der Waals surface area contributed by atoms with Gasteiger partial charge >= 0.3 is 0 Å². The Hall–Kier alpha value is -0.770. The zero-order valence-corrected chi connectivity index (χ0v) is 13.7. The van der Waals surface area contributed by atoms with Crippen LogP contribution in [-0.2, 0) is 5.41 Å². The summed E-state index contributed by atoms with van der Waals surface area (Å²) in [6.07, 6.45) is 1.22. The average molecular weight is 348 g/mol. The molecule has 1 heterocycles. The second-order valence-electron chi connectivity index (χ2n) is 5.31. The van der Waals surface area contributed by atoms with Crippen molar-refractivity contribution in [2.45, 2.75) is 16.7 Å². The molecule has 1 nitrogen and oxygen atoms in total. The van der Waals surface area contributed by atoms with Gasteiger partial charge in [0.1, 0.15) is 0 Å². The maximum Gasteiger partial charge on any atom is 0.0211 e. The summed E-state index contributed by atoms with van der Waals surface area (Å²) in [5.41, 5.74) is 1.78. The van der Waals surface area contributed by atoms with Gasteiger partial charge in [-0.3, -0.25) is 0 Å². The van der Waals surface area contributed by atoms with Crippen LogP contribution in [0, 0.1) is 0 Å². The predicted octanol–water partition coefficient (Wildman–Crippen LogP) is 4.47. The fourth-order valence-electron chi connectivity index (χ4n) is 2.65. The number of nitrogens with one attached hydrogen (secondary N) is 1. The number of thioether (sulfide) groups is 1. The zero-order chi connectivity index (χ0) is 13.8. The van der Waals surface area contributed by atoms with E-state index in [0.29, 0.717) is 5.41 Å². The lowest BCUT2D eigenvalue weighted by Crippen LogP contribution is -2.57. The molecule has 3 heteroatoms. The lowest BCUT2D eigenvalue weighted by Gasteiger charge is -2.43.